The van der Waals surface area contributed by atoms with Crippen molar-refractivity contribution in [3.63, 3.8) is 0 Å². The van der Waals surface area contributed by atoms with E-state index in [-0.39, 0.29) is 0 Å². The molecule has 3 nitrogen and oxygen atoms in total. The van der Waals surface area contributed by atoms with E-state index >= 15 is 0 Å². The molecular formula is C6H6BrN3-2. The maximum atomic E-state index is 7.05. The van der Waals surface area contributed by atoms with Crippen molar-refractivity contribution in [3.8, 4) is 0 Å². The van der Waals surface area contributed by atoms with Crippen molar-refractivity contribution in [2.24, 2.45) is 0 Å². The number of hydrogen-bond donors (Lipinski definition) is 0. The van der Waals surface area contributed by atoms with Crippen molar-refractivity contribution in [3.05, 3.63) is 35.7 Å². The highest BCUT2D eigenvalue weighted by Crippen LogP contribution is 2.13. The van der Waals surface area contributed by atoms with E-state index < -0.39 is 0 Å². The minimum absolute atomic E-state index is 0.523. The third kappa shape index (κ3) is 1.68. The molecule has 0 unspecified atom stereocenters. The SMILES string of the molecule is [CH2-]N([NH-])c1cccc(Br)n1. The number of hydrogen-bond acceptors (Lipinski definition) is 2. The van der Waals surface area contributed by atoms with Crippen LogP contribution in [0.5, 0.6) is 0 Å². The fraction of sp³-hybridized carbons (Fsp3) is 0. The molecule has 0 spiro atoms. The van der Waals surface area contributed by atoms with E-state index in [1.165, 1.54) is 0 Å². The zero-order valence-corrected chi connectivity index (χ0v) is 6.80. The lowest BCUT2D eigenvalue weighted by atomic mass is 10.5. The van der Waals surface area contributed by atoms with Crippen LogP contribution < -0.4 is 5.01 Å². The Kier molecular flexibility index (Phi) is 2.24. The molecule has 0 aliphatic heterocycles. The van der Waals surface area contributed by atoms with Crippen molar-refractivity contribution in [2.75, 3.05) is 5.01 Å². The first-order chi connectivity index (χ1) is 4.70. The average molecular weight is 200 g/mol. The van der Waals surface area contributed by atoms with Crippen molar-refractivity contribution in [2.45, 2.75) is 0 Å². The van der Waals surface area contributed by atoms with Gasteiger partial charge >= 0.3 is 0 Å². The van der Waals surface area contributed by atoms with E-state index in [4.69, 9.17) is 5.84 Å². The van der Waals surface area contributed by atoms with Crippen LogP contribution in [0.3, 0.4) is 0 Å². The number of aromatic nitrogens is 1. The quantitative estimate of drug-likeness (QED) is 0.396. The molecule has 1 aromatic heterocycles. The van der Waals surface area contributed by atoms with Crippen LogP contribution in [0, 0.1) is 7.05 Å². The van der Waals surface area contributed by atoms with E-state index in [2.05, 4.69) is 28.0 Å². The molecule has 0 saturated carbocycles. The Labute approximate surface area is 68.0 Å². The van der Waals surface area contributed by atoms with Crippen molar-refractivity contribution >= 4 is 21.7 Å². The molecule has 1 heterocycles. The van der Waals surface area contributed by atoms with Crippen molar-refractivity contribution in [1.82, 2.24) is 4.98 Å². The standard InChI is InChI=1S/C6H6BrN3/c1-10(8)6-4-2-3-5(7)9-6/h2-4,8H,1H2/q-2. The number of pyridine rings is 1. The molecule has 0 aromatic carbocycles. The van der Waals surface area contributed by atoms with Gasteiger partial charge in [-0.2, -0.15) is 0 Å². The second kappa shape index (κ2) is 2.98. The first-order valence-electron chi connectivity index (χ1n) is 2.64. The fourth-order valence-electron chi connectivity index (χ4n) is 0.548. The Morgan fingerprint density at radius 3 is 2.70 bits per heavy atom. The van der Waals surface area contributed by atoms with E-state index in [9.17, 15) is 0 Å². The van der Waals surface area contributed by atoms with Crippen LogP contribution in [0.1, 0.15) is 0 Å². The molecule has 54 valence electrons. The maximum absolute atomic E-state index is 7.05. The zero-order valence-electron chi connectivity index (χ0n) is 5.21. The highest BCUT2D eigenvalue weighted by atomic mass is 79.9. The van der Waals surface area contributed by atoms with Gasteiger partial charge in [-0.1, -0.05) is 6.07 Å². The third-order valence-electron chi connectivity index (χ3n) is 0.977. The van der Waals surface area contributed by atoms with Gasteiger partial charge in [0.2, 0.25) is 0 Å². The van der Waals surface area contributed by atoms with Crippen LogP contribution >= 0.6 is 15.9 Å². The summed E-state index contributed by atoms with van der Waals surface area (Å²) in [5.74, 6) is 7.58. The highest BCUT2D eigenvalue weighted by Gasteiger charge is 1.87. The number of halogens is 1. The van der Waals surface area contributed by atoms with Crippen LogP contribution in [0.4, 0.5) is 5.82 Å². The van der Waals surface area contributed by atoms with Gasteiger partial charge in [0.25, 0.3) is 0 Å². The monoisotopic (exact) mass is 199 g/mol. The second-order valence-electron chi connectivity index (χ2n) is 1.75. The topological polar surface area (TPSA) is 39.9 Å². The van der Waals surface area contributed by atoms with Gasteiger partial charge < -0.3 is 10.9 Å². The fourth-order valence-corrected chi connectivity index (χ4v) is 0.882. The summed E-state index contributed by atoms with van der Waals surface area (Å²) in [5, 5.41) is 0.963. The lowest BCUT2D eigenvalue weighted by Crippen LogP contribution is -2.01. The molecule has 0 bridgehead atoms. The first-order valence-corrected chi connectivity index (χ1v) is 3.44. The van der Waals surface area contributed by atoms with Crippen LogP contribution in [-0.4, -0.2) is 4.98 Å². The smallest absolute Gasteiger partial charge is 0.108 e. The summed E-state index contributed by atoms with van der Waals surface area (Å²) >= 11 is 3.18. The van der Waals surface area contributed by atoms with Gasteiger partial charge in [0, 0.05) is 0 Å². The second-order valence-corrected chi connectivity index (χ2v) is 2.56. The summed E-state index contributed by atoms with van der Waals surface area (Å²) in [6, 6.07) is 5.32. The first kappa shape index (κ1) is 7.50. The van der Waals surface area contributed by atoms with Crippen LogP contribution in [0.15, 0.2) is 22.8 Å². The molecule has 1 N–H and O–H groups in total. The minimum atomic E-state index is 0.523. The van der Waals surface area contributed by atoms with Crippen LogP contribution in [-0.2, 0) is 0 Å². The summed E-state index contributed by atoms with van der Waals surface area (Å²) in [6.07, 6.45) is 0. The molecule has 0 aliphatic rings. The third-order valence-corrected chi connectivity index (χ3v) is 1.42. The molecule has 0 saturated heterocycles. The summed E-state index contributed by atoms with van der Waals surface area (Å²) < 4.78 is 0.714. The molecule has 0 radical (unpaired) electrons. The molecule has 0 fully saturated rings. The van der Waals surface area contributed by atoms with E-state index in [1.54, 1.807) is 18.2 Å². The lowest BCUT2D eigenvalue weighted by molar-refractivity contribution is 1.16. The molecule has 1 aromatic rings. The zero-order chi connectivity index (χ0) is 7.56. The predicted octanol–water partition coefficient (Wildman–Crippen LogP) is 2.41. The Morgan fingerprint density at radius 1 is 1.60 bits per heavy atom. The van der Waals surface area contributed by atoms with Crippen LogP contribution in [0.2, 0.25) is 0 Å². The molecule has 0 aliphatic carbocycles. The normalized spacial score (nSPS) is 9.50. The van der Waals surface area contributed by atoms with Crippen molar-refractivity contribution < 1.29 is 0 Å². The Bertz CT molecular complexity index is 224. The summed E-state index contributed by atoms with van der Waals surface area (Å²) in [6.45, 7) is 0. The number of anilines is 1. The van der Waals surface area contributed by atoms with Crippen molar-refractivity contribution in [1.29, 1.82) is 0 Å². The molecule has 10 heavy (non-hydrogen) atoms. The maximum Gasteiger partial charge on any atom is 0.108 e. The molecule has 4 heteroatoms. The highest BCUT2D eigenvalue weighted by molar-refractivity contribution is 9.10. The molecule has 0 amide bonds. The Balaban J connectivity index is 2.96. The molecule has 0 atom stereocenters. The van der Waals surface area contributed by atoms with Gasteiger partial charge in [-0.15, -0.1) is 0 Å². The van der Waals surface area contributed by atoms with Gasteiger partial charge in [-0.3, -0.25) is 7.05 Å². The average Bonchev–Trinajstić information content (AvgIpc) is 1.88. The van der Waals surface area contributed by atoms with Crippen LogP contribution in [0.25, 0.3) is 5.84 Å². The lowest BCUT2D eigenvalue weighted by Gasteiger charge is -2.31. The Morgan fingerprint density at radius 2 is 2.30 bits per heavy atom. The summed E-state index contributed by atoms with van der Waals surface area (Å²) in [7, 11) is 3.37. The van der Waals surface area contributed by atoms with E-state index in [0.29, 0.717) is 10.4 Å². The number of rotatable bonds is 1. The van der Waals surface area contributed by atoms with Gasteiger partial charge in [0.15, 0.2) is 0 Å². The van der Waals surface area contributed by atoms with Gasteiger partial charge in [-0.05, 0) is 28.1 Å². The molecular weight excluding hydrogens is 194 g/mol. The van der Waals surface area contributed by atoms with Gasteiger partial charge in [0.05, 0.1) is 5.82 Å². The van der Waals surface area contributed by atoms with Gasteiger partial charge in [0.1, 0.15) is 4.60 Å². The number of nitrogens with one attached hydrogen (secondary N) is 1. The Hall–Kier alpha value is -0.610. The number of nitrogens with zero attached hydrogens (tertiary/aromatic N) is 2. The summed E-state index contributed by atoms with van der Waals surface area (Å²) in [5.41, 5.74) is 0. The summed E-state index contributed by atoms with van der Waals surface area (Å²) in [4.78, 5) is 3.97. The van der Waals surface area contributed by atoms with E-state index in [1.807, 2.05) is 0 Å². The van der Waals surface area contributed by atoms with Gasteiger partial charge in [-0.25, -0.2) is 4.98 Å². The minimum Gasteiger partial charge on any atom is -0.616 e. The predicted molar refractivity (Wildman–Crippen MR) is 44.1 cm³/mol. The van der Waals surface area contributed by atoms with E-state index in [0.717, 1.165) is 5.01 Å². The molecule has 1 rings (SSSR count). The largest absolute Gasteiger partial charge is 0.616 e.